The lowest BCUT2D eigenvalue weighted by Crippen LogP contribution is -2.21. The first-order valence-electron chi connectivity index (χ1n) is 3.59. The minimum Gasteiger partial charge on any atom is -0.359 e. The Morgan fingerprint density at radius 1 is 1.75 bits per heavy atom. The molecule has 0 bridgehead atoms. The monoisotopic (exact) mass is 246 g/mol. The number of nitrogens with zero attached hydrogens (tertiary/aromatic N) is 1. The van der Waals surface area contributed by atoms with Crippen LogP contribution in [0.3, 0.4) is 0 Å². The average Bonchev–Trinajstić information content (AvgIpc) is 2.35. The first kappa shape index (κ1) is 9.74. The van der Waals surface area contributed by atoms with Crippen molar-refractivity contribution < 1.29 is 0 Å². The number of thiophene rings is 1. The van der Waals surface area contributed by atoms with Gasteiger partial charge in [0.05, 0.1) is 12.4 Å². The zero-order valence-electron chi connectivity index (χ0n) is 7.10. The summed E-state index contributed by atoms with van der Waals surface area (Å²) in [6.07, 6.45) is 0. The molecule has 2 nitrogen and oxygen atoms in total. The van der Waals surface area contributed by atoms with Crippen molar-refractivity contribution in [1.29, 1.82) is 5.41 Å². The van der Waals surface area contributed by atoms with Crippen LogP contribution in [-0.4, -0.2) is 17.8 Å². The summed E-state index contributed by atoms with van der Waals surface area (Å²) in [5.41, 5.74) is 0. The van der Waals surface area contributed by atoms with Gasteiger partial charge in [-0.15, -0.1) is 11.3 Å². The molecule has 0 aliphatic carbocycles. The van der Waals surface area contributed by atoms with Crippen molar-refractivity contribution >= 4 is 33.1 Å². The van der Waals surface area contributed by atoms with Gasteiger partial charge in [-0.2, -0.15) is 0 Å². The molecular weight excluding hydrogens is 236 g/mol. The van der Waals surface area contributed by atoms with E-state index in [0.717, 1.165) is 11.0 Å². The fourth-order valence-electron chi connectivity index (χ4n) is 0.789. The van der Waals surface area contributed by atoms with Crippen LogP contribution >= 0.6 is 27.3 Å². The molecule has 1 aromatic heterocycles. The molecule has 0 fully saturated rings. The number of hydrogen-bond acceptors (Lipinski definition) is 2. The summed E-state index contributed by atoms with van der Waals surface area (Å²) in [4.78, 5) is 3.19. The third-order valence-corrected chi connectivity index (χ3v) is 3.27. The summed E-state index contributed by atoms with van der Waals surface area (Å²) in [5, 5.41) is 9.43. The standard InChI is InChI=1S/C8H11BrN2S/c1-6(10)11(2)4-8-3-7(9)5-12-8/h3,5,10H,4H2,1-2H3. The number of amidine groups is 1. The Hall–Kier alpha value is -0.350. The predicted molar refractivity (Wildman–Crippen MR) is 56.9 cm³/mol. The zero-order chi connectivity index (χ0) is 9.14. The largest absolute Gasteiger partial charge is 0.359 e. The molecule has 1 rings (SSSR count). The van der Waals surface area contributed by atoms with Crippen LogP contribution in [-0.2, 0) is 6.54 Å². The molecule has 0 saturated heterocycles. The molecule has 0 amide bonds. The molecule has 0 spiro atoms. The first-order chi connectivity index (χ1) is 5.59. The van der Waals surface area contributed by atoms with E-state index in [1.165, 1.54) is 4.88 Å². The Labute approximate surface area is 84.8 Å². The van der Waals surface area contributed by atoms with Gasteiger partial charge in [-0.1, -0.05) is 0 Å². The van der Waals surface area contributed by atoms with Gasteiger partial charge in [0.2, 0.25) is 0 Å². The maximum absolute atomic E-state index is 7.38. The average molecular weight is 247 g/mol. The van der Waals surface area contributed by atoms with Crippen molar-refractivity contribution in [2.45, 2.75) is 13.5 Å². The number of hydrogen-bond donors (Lipinski definition) is 1. The van der Waals surface area contributed by atoms with Crippen molar-refractivity contribution in [2.75, 3.05) is 7.05 Å². The molecule has 66 valence electrons. The highest BCUT2D eigenvalue weighted by Crippen LogP contribution is 2.20. The van der Waals surface area contributed by atoms with Crippen molar-refractivity contribution in [1.82, 2.24) is 4.90 Å². The van der Waals surface area contributed by atoms with Gasteiger partial charge in [-0.05, 0) is 28.9 Å². The number of nitrogens with one attached hydrogen (secondary N) is 1. The molecule has 0 atom stereocenters. The summed E-state index contributed by atoms with van der Waals surface area (Å²) >= 11 is 5.11. The molecule has 0 radical (unpaired) electrons. The van der Waals surface area contributed by atoms with E-state index in [-0.39, 0.29) is 0 Å². The Bertz CT molecular complexity index is 282. The van der Waals surface area contributed by atoms with Gasteiger partial charge in [-0.25, -0.2) is 0 Å². The van der Waals surface area contributed by atoms with Gasteiger partial charge in [-0.3, -0.25) is 5.41 Å². The molecular formula is C8H11BrN2S. The summed E-state index contributed by atoms with van der Waals surface area (Å²) in [6, 6.07) is 2.09. The lowest BCUT2D eigenvalue weighted by atomic mass is 10.4. The molecule has 0 aliphatic rings. The topological polar surface area (TPSA) is 27.1 Å². The summed E-state index contributed by atoms with van der Waals surface area (Å²) < 4.78 is 1.12. The Morgan fingerprint density at radius 2 is 2.42 bits per heavy atom. The molecule has 0 aliphatic heterocycles. The smallest absolute Gasteiger partial charge is 0.0926 e. The van der Waals surface area contributed by atoms with Gasteiger partial charge < -0.3 is 4.90 Å². The minimum atomic E-state index is 0.597. The van der Waals surface area contributed by atoms with E-state index in [0.29, 0.717) is 5.84 Å². The highest BCUT2D eigenvalue weighted by atomic mass is 79.9. The fraction of sp³-hybridized carbons (Fsp3) is 0.375. The van der Waals surface area contributed by atoms with Crippen LogP contribution in [0.1, 0.15) is 11.8 Å². The van der Waals surface area contributed by atoms with E-state index in [1.54, 1.807) is 18.3 Å². The van der Waals surface area contributed by atoms with E-state index < -0.39 is 0 Å². The maximum atomic E-state index is 7.38. The quantitative estimate of drug-likeness (QED) is 0.631. The van der Waals surface area contributed by atoms with E-state index in [4.69, 9.17) is 5.41 Å². The van der Waals surface area contributed by atoms with Crippen LogP contribution in [0.15, 0.2) is 15.9 Å². The summed E-state index contributed by atoms with van der Waals surface area (Å²) in [7, 11) is 1.93. The molecule has 0 saturated carbocycles. The number of rotatable bonds is 2. The lowest BCUT2D eigenvalue weighted by molar-refractivity contribution is 0.499. The zero-order valence-corrected chi connectivity index (χ0v) is 9.50. The van der Waals surface area contributed by atoms with Crippen LogP contribution in [0.25, 0.3) is 0 Å². The summed E-state index contributed by atoms with van der Waals surface area (Å²) in [5.74, 6) is 0.597. The highest BCUT2D eigenvalue weighted by Gasteiger charge is 2.02. The molecule has 0 aromatic carbocycles. The summed E-state index contributed by atoms with van der Waals surface area (Å²) in [6.45, 7) is 2.62. The Kier molecular flexibility index (Phi) is 3.29. The maximum Gasteiger partial charge on any atom is 0.0926 e. The van der Waals surface area contributed by atoms with E-state index in [2.05, 4.69) is 27.4 Å². The van der Waals surface area contributed by atoms with E-state index in [9.17, 15) is 0 Å². The van der Waals surface area contributed by atoms with Gasteiger partial charge in [0.1, 0.15) is 0 Å². The Morgan fingerprint density at radius 3 is 2.83 bits per heavy atom. The van der Waals surface area contributed by atoms with Gasteiger partial charge in [0.15, 0.2) is 0 Å². The normalized spacial score (nSPS) is 9.92. The van der Waals surface area contributed by atoms with Crippen LogP contribution < -0.4 is 0 Å². The molecule has 0 unspecified atom stereocenters. The molecule has 12 heavy (non-hydrogen) atoms. The second-order valence-corrected chi connectivity index (χ2v) is 4.58. The third kappa shape index (κ3) is 2.60. The predicted octanol–water partition coefficient (Wildman–Crippen LogP) is 2.94. The van der Waals surface area contributed by atoms with Crippen LogP contribution in [0, 0.1) is 5.41 Å². The Balaban J connectivity index is 2.58. The highest BCUT2D eigenvalue weighted by molar-refractivity contribution is 9.10. The van der Waals surface area contributed by atoms with Crippen molar-refractivity contribution in [3.05, 3.63) is 20.8 Å². The van der Waals surface area contributed by atoms with E-state index >= 15 is 0 Å². The van der Waals surface area contributed by atoms with Gasteiger partial charge >= 0.3 is 0 Å². The molecule has 1 heterocycles. The van der Waals surface area contributed by atoms with Gasteiger partial charge in [0, 0.05) is 21.8 Å². The van der Waals surface area contributed by atoms with Crippen LogP contribution in [0.5, 0.6) is 0 Å². The number of halogens is 1. The van der Waals surface area contributed by atoms with Crippen LogP contribution in [0.4, 0.5) is 0 Å². The first-order valence-corrected chi connectivity index (χ1v) is 5.26. The lowest BCUT2D eigenvalue weighted by Gasteiger charge is -2.15. The molecule has 4 heteroatoms. The third-order valence-electron chi connectivity index (χ3n) is 1.59. The molecule has 1 aromatic rings. The second kappa shape index (κ2) is 4.05. The van der Waals surface area contributed by atoms with E-state index in [1.807, 2.05) is 11.9 Å². The van der Waals surface area contributed by atoms with Crippen molar-refractivity contribution in [3.8, 4) is 0 Å². The minimum absolute atomic E-state index is 0.597. The second-order valence-electron chi connectivity index (χ2n) is 2.67. The SMILES string of the molecule is CC(=N)N(C)Cc1cc(Br)cs1. The fourth-order valence-corrected chi connectivity index (χ4v) is 2.29. The van der Waals surface area contributed by atoms with Crippen molar-refractivity contribution in [3.63, 3.8) is 0 Å². The van der Waals surface area contributed by atoms with Crippen LogP contribution in [0.2, 0.25) is 0 Å². The van der Waals surface area contributed by atoms with Gasteiger partial charge in [0.25, 0.3) is 0 Å². The molecule has 1 N–H and O–H groups in total. The van der Waals surface area contributed by atoms with Crippen molar-refractivity contribution in [2.24, 2.45) is 0 Å².